The van der Waals surface area contributed by atoms with E-state index in [4.69, 9.17) is 0 Å². The van der Waals surface area contributed by atoms with E-state index in [2.05, 4.69) is 30.6 Å². The van der Waals surface area contributed by atoms with E-state index < -0.39 is 0 Å². The van der Waals surface area contributed by atoms with Crippen molar-refractivity contribution in [2.75, 3.05) is 23.3 Å². The summed E-state index contributed by atoms with van der Waals surface area (Å²) in [6.45, 7) is 1.68. The number of rotatable bonds is 4. The molecule has 0 aromatic carbocycles. The fraction of sp³-hybridized carbons (Fsp3) is 0.579. The molecule has 8 nitrogen and oxygen atoms in total. The van der Waals surface area contributed by atoms with Gasteiger partial charge in [-0.1, -0.05) is 19.3 Å². The molecule has 0 radical (unpaired) electrons. The molecule has 2 aliphatic rings. The van der Waals surface area contributed by atoms with Crippen LogP contribution in [0.4, 0.5) is 16.4 Å². The normalized spacial score (nSPS) is 21.0. The lowest BCUT2D eigenvalue weighted by Crippen LogP contribution is -2.49. The number of amides is 2. The van der Waals surface area contributed by atoms with Crippen LogP contribution in [0.15, 0.2) is 30.9 Å². The van der Waals surface area contributed by atoms with Crippen molar-refractivity contribution in [3.8, 4) is 0 Å². The second-order valence-electron chi connectivity index (χ2n) is 7.40. The highest BCUT2D eigenvalue weighted by Gasteiger charge is 2.24. The Morgan fingerprint density at radius 2 is 1.96 bits per heavy atom. The van der Waals surface area contributed by atoms with Crippen LogP contribution >= 0.6 is 0 Å². The molecular weight excluding hydrogens is 342 g/mol. The number of anilines is 2. The third-order valence-corrected chi connectivity index (χ3v) is 5.46. The molecule has 2 fully saturated rings. The SMILES string of the molecule is O=C(Nc1ccnn1C1CCCCC1)NC1CCCN(c2cnccn2)C1. The predicted molar refractivity (Wildman–Crippen MR) is 104 cm³/mol. The fourth-order valence-corrected chi connectivity index (χ4v) is 4.13. The molecule has 1 aliphatic carbocycles. The summed E-state index contributed by atoms with van der Waals surface area (Å²) in [6, 6.07) is 2.19. The van der Waals surface area contributed by atoms with Gasteiger partial charge in [0.2, 0.25) is 0 Å². The second-order valence-corrected chi connectivity index (χ2v) is 7.40. The van der Waals surface area contributed by atoms with Crippen LogP contribution in [0.5, 0.6) is 0 Å². The van der Waals surface area contributed by atoms with Crippen molar-refractivity contribution in [3.63, 3.8) is 0 Å². The zero-order valence-corrected chi connectivity index (χ0v) is 15.5. The summed E-state index contributed by atoms with van der Waals surface area (Å²) in [7, 11) is 0. The maximum absolute atomic E-state index is 12.5. The third-order valence-electron chi connectivity index (χ3n) is 5.46. The van der Waals surface area contributed by atoms with Crippen LogP contribution in [0, 0.1) is 0 Å². The van der Waals surface area contributed by atoms with Crippen LogP contribution in [0.25, 0.3) is 0 Å². The molecule has 8 heteroatoms. The van der Waals surface area contributed by atoms with Gasteiger partial charge in [-0.15, -0.1) is 0 Å². The molecule has 2 aromatic rings. The van der Waals surface area contributed by atoms with Gasteiger partial charge in [0.05, 0.1) is 18.4 Å². The Morgan fingerprint density at radius 1 is 1.07 bits per heavy atom. The van der Waals surface area contributed by atoms with Crippen LogP contribution in [0.1, 0.15) is 51.0 Å². The molecule has 1 saturated heterocycles. The van der Waals surface area contributed by atoms with E-state index >= 15 is 0 Å². The molecule has 3 heterocycles. The summed E-state index contributed by atoms with van der Waals surface area (Å²) in [6.07, 6.45) is 14.9. The van der Waals surface area contributed by atoms with Gasteiger partial charge < -0.3 is 10.2 Å². The standard InChI is InChI=1S/C19H27N7O/c27-19(24-17-8-9-22-26(17)16-6-2-1-3-7-16)23-15-5-4-12-25(14-15)18-13-20-10-11-21-18/h8-11,13,15-16H,1-7,12,14H2,(H2,23,24,27). The minimum Gasteiger partial charge on any atom is -0.353 e. The first kappa shape index (κ1) is 17.8. The molecule has 1 atom stereocenters. The van der Waals surface area contributed by atoms with Gasteiger partial charge in [-0.3, -0.25) is 10.3 Å². The van der Waals surface area contributed by atoms with Crippen LogP contribution < -0.4 is 15.5 Å². The number of nitrogens with zero attached hydrogens (tertiary/aromatic N) is 5. The van der Waals surface area contributed by atoms with E-state index in [1.807, 2.05) is 10.7 Å². The highest BCUT2D eigenvalue weighted by atomic mass is 16.2. The smallest absolute Gasteiger partial charge is 0.320 e. The van der Waals surface area contributed by atoms with Crippen LogP contribution in [-0.4, -0.2) is 44.9 Å². The Morgan fingerprint density at radius 3 is 2.78 bits per heavy atom. The first-order valence-electron chi connectivity index (χ1n) is 9.91. The lowest BCUT2D eigenvalue weighted by atomic mass is 9.96. The molecular formula is C19H27N7O. The molecule has 1 aliphatic heterocycles. The molecule has 0 bridgehead atoms. The second kappa shape index (κ2) is 8.37. The van der Waals surface area contributed by atoms with Gasteiger partial charge in [-0.2, -0.15) is 5.10 Å². The largest absolute Gasteiger partial charge is 0.353 e. The van der Waals surface area contributed by atoms with Crippen LogP contribution in [0.3, 0.4) is 0 Å². The van der Waals surface area contributed by atoms with Crippen molar-refractivity contribution in [2.24, 2.45) is 0 Å². The van der Waals surface area contributed by atoms with Gasteiger partial charge in [-0.05, 0) is 25.7 Å². The molecule has 1 saturated carbocycles. The Kier molecular flexibility index (Phi) is 5.50. The highest BCUT2D eigenvalue weighted by molar-refractivity contribution is 5.88. The van der Waals surface area contributed by atoms with Crippen molar-refractivity contribution in [3.05, 3.63) is 30.9 Å². The molecule has 4 rings (SSSR count). The predicted octanol–water partition coefficient (Wildman–Crippen LogP) is 2.97. The first-order valence-corrected chi connectivity index (χ1v) is 9.91. The summed E-state index contributed by atoms with van der Waals surface area (Å²) >= 11 is 0. The first-order chi connectivity index (χ1) is 13.3. The number of piperidine rings is 1. The van der Waals surface area contributed by atoms with Gasteiger partial charge in [-0.25, -0.2) is 14.5 Å². The minimum absolute atomic E-state index is 0.0896. The van der Waals surface area contributed by atoms with E-state index in [1.165, 1.54) is 19.3 Å². The third kappa shape index (κ3) is 4.37. The topological polar surface area (TPSA) is 88.0 Å². The number of carbonyl (C=O) groups is 1. The molecule has 2 amide bonds. The van der Waals surface area contributed by atoms with Gasteiger partial charge in [0, 0.05) is 37.6 Å². The number of urea groups is 1. The summed E-state index contributed by atoms with van der Waals surface area (Å²) in [5.74, 6) is 1.64. The maximum Gasteiger partial charge on any atom is 0.320 e. The average molecular weight is 369 g/mol. The number of nitrogens with one attached hydrogen (secondary N) is 2. The molecule has 2 N–H and O–H groups in total. The maximum atomic E-state index is 12.5. The number of hydrogen-bond donors (Lipinski definition) is 2. The Labute approximate surface area is 159 Å². The van der Waals surface area contributed by atoms with Crippen molar-refractivity contribution in [2.45, 2.75) is 57.0 Å². The van der Waals surface area contributed by atoms with E-state index in [9.17, 15) is 4.79 Å². The highest BCUT2D eigenvalue weighted by Crippen LogP contribution is 2.29. The molecule has 1 unspecified atom stereocenters. The van der Waals surface area contributed by atoms with Gasteiger partial charge in [0.1, 0.15) is 11.6 Å². The van der Waals surface area contributed by atoms with Crippen molar-refractivity contribution >= 4 is 17.7 Å². The molecule has 0 spiro atoms. The summed E-state index contributed by atoms with van der Waals surface area (Å²) in [4.78, 5) is 23.2. The van der Waals surface area contributed by atoms with Gasteiger partial charge >= 0.3 is 6.03 Å². The molecule has 27 heavy (non-hydrogen) atoms. The summed E-state index contributed by atoms with van der Waals surface area (Å²) in [5, 5.41) is 10.5. The average Bonchev–Trinajstić information content (AvgIpc) is 3.17. The quantitative estimate of drug-likeness (QED) is 0.865. The summed E-state index contributed by atoms with van der Waals surface area (Å²) in [5.41, 5.74) is 0. The molecule has 2 aromatic heterocycles. The summed E-state index contributed by atoms with van der Waals surface area (Å²) < 4.78 is 1.98. The fourth-order valence-electron chi connectivity index (χ4n) is 4.13. The van der Waals surface area contributed by atoms with E-state index in [1.54, 1.807) is 24.8 Å². The zero-order chi connectivity index (χ0) is 18.5. The van der Waals surface area contributed by atoms with Gasteiger partial charge in [0.15, 0.2) is 0 Å². The Bertz CT molecular complexity index is 742. The van der Waals surface area contributed by atoms with Crippen molar-refractivity contribution in [1.82, 2.24) is 25.1 Å². The van der Waals surface area contributed by atoms with Crippen LogP contribution in [0.2, 0.25) is 0 Å². The van der Waals surface area contributed by atoms with Crippen LogP contribution in [-0.2, 0) is 0 Å². The zero-order valence-electron chi connectivity index (χ0n) is 15.5. The van der Waals surface area contributed by atoms with Crippen molar-refractivity contribution in [1.29, 1.82) is 0 Å². The molecule has 144 valence electrons. The Balaban J connectivity index is 1.34. The minimum atomic E-state index is -0.168. The lowest BCUT2D eigenvalue weighted by Gasteiger charge is -2.33. The van der Waals surface area contributed by atoms with E-state index in [-0.39, 0.29) is 12.1 Å². The number of aromatic nitrogens is 4. The van der Waals surface area contributed by atoms with E-state index in [0.717, 1.165) is 50.4 Å². The van der Waals surface area contributed by atoms with E-state index in [0.29, 0.717) is 6.04 Å². The lowest BCUT2D eigenvalue weighted by molar-refractivity contribution is 0.246. The van der Waals surface area contributed by atoms with Gasteiger partial charge in [0.25, 0.3) is 0 Å². The number of hydrogen-bond acceptors (Lipinski definition) is 5. The van der Waals surface area contributed by atoms with Crippen molar-refractivity contribution < 1.29 is 4.79 Å². The Hall–Kier alpha value is -2.64. The monoisotopic (exact) mass is 369 g/mol. The number of carbonyl (C=O) groups excluding carboxylic acids is 1.